The molecule has 0 unspecified atom stereocenters. The Balaban J connectivity index is 1.08. The highest BCUT2D eigenvalue weighted by molar-refractivity contribution is 8.34. The number of rotatable bonds is 6. The number of furan rings is 1. The summed E-state index contributed by atoms with van der Waals surface area (Å²) in [5.41, 5.74) is 8.71. The summed E-state index contributed by atoms with van der Waals surface area (Å²) in [6.07, 6.45) is 0. The molecular formula is C54H36N2OS. The molecule has 0 saturated carbocycles. The van der Waals surface area contributed by atoms with Crippen LogP contribution in [-0.2, 0) is 0 Å². The maximum absolute atomic E-state index is 6.51. The minimum absolute atomic E-state index is 0.878. The first-order chi connectivity index (χ1) is 28.8. The van der Waals surface area contributed by atoms with E-state index in [0.29, 0.717) is 0 Å². The van der Waals surface area contributed by atoms with Gasteiger partial charge in [-0.05, 0) is 109 Å². The van der Waals surface area contributed by atoms with Crippen molar-refractivity contribution >= 4 is 75.6 Å². The van der Waals surface area contributed by atoms with Crippen LogP contribution >= 0.6 is 10.0 Å². The van der Waals surface area contributed by atoms with Crippen LogP contribution < -0.4 is 0 Å². The molecule has 3 aromatic heterocycles. The monoisotopic (exact) mass is 760 g/mol. The second-order valence-electron chi connectivity index (χ2n) is 14.9. The zero-order chi connectivity index (χ0) is 38.2. The van der Waals surface area contributed by atoms with Crippen molar-refractivity contribution in [2.24, 2.45) is 0 Å². The third kappa shape index (κ3) is 4.76. The number of nitrogens with zero attached hydrogens (tertiary/aromatic N) is 2. The Morgan fingerprint density at radius 2 is 0.655 bits per heavy atom. The fraction of sp³-hybridized carbons (Fsp3) is 0. The summed E-state index contributed by atoms with van der Waals surface area (Å²) < 4.78 is 11.3. The smallest absolute Gasteiger partial charge is 0.135 e. The summed E-state index contributed by atoms with van der Waals surface area (Å²) in [5.74, 6) is 0. The first kappa shape index (κ1) is 32.9. The molecule has 58 heavy (non-hydrogen) atoms. The van der Waals surface area contributed by atoms with Crippen LogP contribution in [0.4, 0.5) is 0 Å². The maximum Gasteiger partial charge on any atom is 0.135 e. The Bertz CT molecular complexity index is 3360. The molecular weight excluding hydrogens is 725 g/mol. The third-order valence-corrected chi connectivity index (χ3v) is 15.7. The lowest BCUT2D eigenvalue weighted by molar-refractivity contribution is 0.669. The summed E-state index contributed by atoms with van der Waals surface area (Å²) in [4.78, 5) is 5.24. The van der Waals surface area contributed by atoms with Crippen LogP contribution in [0.2, 0.25) is 0 Å². The Kier molecular flexibility index (Phi) is 7.31. The van der Waals surface area contributed by atoms with E-state index in [-0.39, 0.29) is 0 Å². The summed E-state index contributed by atoms with van der Waals surface area (Å²) >= 11 is 0. The van der Waals surface area contributed by atoms with Crippen molar-refractivity contribution in [3.05, 3.63) is 218 Å². The van der Waals surface area contributed by atoms with Gasteiger partial charge in [0.25, 0.3) is 0 Å². The minimum Gasteiger partial charge on any atom is -0.456 e. The Morgan fingerprint density at radius 3 is 1.10 bits per heavy atom. The van der Waals surface area contributed by atoms with Gasteiger partial charge in [0.1, 0.15) is 11.2 Å². The van der Waals surface area contributed by atoms with Crippen LogP contribution in [0, 0.1) is 0 Å². The summed E-state index contributed by atoms with van der Waals surface area (Å²) in [6, 6.07) is 79.8. The zero-order valence-electron chi connectivity index (χ0n) is 31.5. The molecule has 274 valence electrons. The lowest BCUT2D eigenvalue weighted by Gasteiger charge is -2.42. The number of hydrogen-bond donors (Lipinski definition) is 0. The average molecular weight is 761 g/mol. The van der Waals surface area contributed by atoms with Crippen LogP contribution in [0.5, 0.6) is 0 Å². The second kappa shape index (κ2) is 12.9. The molecule has 0 atom stereocenters. The molecule has 0 aliphatic rings. The van der Waals surface area contributed by atoms with Crippen molar-refractivity contribution in [1.82, 2.24) is 9.13 Å². The van der Waals surface area contributed by atoms with Gasteiger partial charge in [-0.15, -0.1) is 10.0 Å². The van der Waals surface area contributed by atoms with Crippen LogP contribution in [0.3, 0.4) is 0 Å². The molecule has 12 rings (SSSR count). The predicted molar refractivity (Wildman–Crippen MR) is 242 cm³/mol. The molecule has 0 saturated heterocycles. The van der Waals surface area contributed by atoms with Crippen molar-refractivity contribution in [3.63, 3.8) is 0 Å². The highest BCUT2D eigenvalue weighted by Crippen LogP contribution is 2.73. The maximum atomic E-state index is 6.51. The molecule has 0 radical (unpaired) electrons. The van der Waals surface area contributed by atoms with E-state index in [4.69, 9.17) is 4.42 Å². The highest BCUT2D eigenvalue weighted by atomic mass is 32.3. The molecule has 0 aliphatic heterocycles. The van der Waals surface area contributed by atoms with Crippen LogP contribution in [-0.4, -0.2) is 9.13 Å². The normalized spacial score (nSPS) is 12.4. The topological polar surface area (TPSA) is 23.0 Å². The van der Waals surface area contributed by atoms with E-state index in [2.05, 4.69) is 228 Å². The minimum atomic E-state index is -1.85. The molecule has 4 heteroatoms. The van der Waals surface area contributed by atoms with E-state index in [0.717, 1.165) is 33.3 Å². The second-order valence-corrected chi connectivity index (χ2v) is 18.0. The van der Waals surface area contributed by atoms with Crippen molar-refractivity contribution in [2.75, 3.05) is 0 Å². The molecule has 12 aromatic rings. The molecule has 0 aliphatic carbocycles. The van der Waals surface area contributed by atoms with E-state index in [9.17, 15) is 0 Å². The van der Waals surface area contributed by atoms with Gasteiger partial charge in [0, 0.05) is 63.3 Å². The van der Waals surface area contributed by atoms with E-state index >= 15 is 0 Å². The van der Waals surface area contributed by atoms with Crippen molar-refractivity contribution < 1.29 is 4.42 Å². The Morgan fingerprint density at radius 1 is 0.276 bits per heavy atom. The fourth-order valence-corrected chi connectivity index (χ4v) is 13.2. The average Bonchev–Trinajstić information content (AvgIpc) is 3.95. The number of benzene rings is 9. The molecule has 0 spiro atoms. The summed E-state index contributed by atoms with van der Waals surface area (Å²) in [6.45, 7) is 0. The lowest BCUT2D eigenvalue weighted by atomic mass is 10.1. The molecule has 0 fully saturated rings. The van der Waals surface area contributed by atoms with Gasteiger partial charge in [-0.3, -0.25) is 0 Å². The SMILES string of the molecule is c1ccc(S(c2ccccc2)(c2ccccc2)c2ccc3c(c2)c2ccccc2n3-c2ccc3oc4ccc(-n5c6ccccc6c6ccccc65)cc4c3c2)cc1. The number of aromatic nitrogens is 2. The van der Waals surface area contributed by atoms with Crippen LogP contribution in [0.1, 0.15) is 0 Å². The predicted octanol–water partition coefficient (Wildman–Crippen LogP) is 15.1. The van der Waals surface area contributed by atoms with Crippen LogP contribution in [0.15, 0.2) is 242 Å². The van der Waals surface area contributed by atoms with Crippen molar-refractivity contribution in [1.29, 1.82) is 0 Å². The molecule has 0 bridgehead atoms. The van der Waals surface area contributed by atoms with Gasteiger partial charge in [0.15, 0.2) is 0 Å². The number of para-hydroxylation sites is 3. The number of hydrogen-bond acceptors (Lipinski definition) is 1. The van der Waals surface area contributed by atoms with Crippen molar-refractivity contribution in [2.45, 2.75) is 19.6 Å². The van der Waals surface area contributed by atoms with Gasteiger partial charge in [-0.25, -0.2) is 0 Å². The third-order valence-electron chi connectivity index (χ3n) is 11.8. The van der Waals surface area contributed by atoms with E-state index < -0.39 is 10.0 Å². The Labute approximate surface area is 336 Å². The van der Waals surface area contributed by atoms with Crippen LogP contribution in [0.25, 0.3) is 76.9 Å². The van der Waals surface area contributed by atoms with Gasteiger partial charge < -0.3 is 13.6 Å². The molecule has 3 nitrogen and oxygen atoms in total. The highest BCUT2D eigenvalue weighted by Gasteiger charge is 2.33. The van der Waals surface area contributed by atoms with Gasteiger partial charge in [0.2, 0.25) is 0 Å². The first-order valence-electron chi connectivity index (χ1n) is 19.7. The molecule has 9 aromatic carbocycles. The quantitative estimate of drug-likeness (QED) is 0.166. The van der Waals surface area contributed by atoms with Gasteiger partial charge in [0.05, 0.1) is 22.1 Å². The lowest BCUT2D eigenvalue weighted by Crippen LogP contribution is -2.05. The number of fused-ring (bicyclic) bond motifs is 9. The fourth-order valence-electron chi connectivity index (χ4n) is 9.34. The van der Waals surface area contributed by atoms with Gasteiger partial charge >= 0.3 is 0 Å². The zero-order valence-corrected chi connectivity index (χ0v) is 32.3. The van der Waals surface area contributed by atoms with Gasteiger partial charge in [-0.1, -0.05) is 109 Å². The first-order valence-corrected chi connectivity index (χ1v) is 21.4. The van der Waals surface area contributed by atoms with Crippen molar-refractivity contribution in [3.8, 4) is 11.4 Å². The summed E-state index contributed by atoms with van der Waals surface area (Å²) in [5, 5.41) is 7.16. The Hall–Kier alpha value is -7.27. The summed E-state index contributed by atoms with van der Waals surface area (Å²) in [7, 11) is -1.85. The van der Waals surface area contributed by atoms with E-state index in [1.54, 1.807) is 0 Å². The molecule has 3 heterocycles. The molecule has 0 N–H and O–H groups in total. The largest absolute Gasteiger partial charge is 0.456 e. The standard InChI is InChI=1S/C54H36N2OS/c1-4-16-39(17-5-1)58(40-18-6-2-7-19-40,41-20-8-3-9-21-41)42-30-31-52-46(36-42)45-24-12-15-27-51(45)56(52)38-29-33-54-48(35-38)47-34-37(28-32-53(47)57-54)55-49-25-13-10-22-43(49)44-23-11-14-26-50(44)55/h1-36H. The van der Waals surface area contributed by atoms with Gasteiger partial charge in [-0.2, -0.15) is 0 Å². The van der Waals surface area contributed by atoms with E-state index in [1.165, 1.54) is 63.2 Å². The molecule has 0 amide bonds. The van der Waals surface area contributed by atoms with E-state index in [1.807, 2.05) is 0 Å².